The molecule has 0 saturated carbocycles. The molecule has 5 rings (SSSR count). The predicted molar refractivity (Wildman–Crippen MR) is 159 cm³/mol. The molecule has 2 fully saturated rings. The van der Waals surface area contributed by atoms with E-state index in [0.29, 0.717) is 24.1 Å². The third-order valence-corrected chi connectivity index (χ3v) is 8.98. The molecule has 8 nitrogen and oxygen atoms in total. The smallest absolute Gasteiger partial charge is 0.254 e. The molecule has 4 atom stereocenters. The van der Waals surface area contributed by atoms with Gasteiger partial charge in [0.15, 0.2) is 0 Å². The highest BCUT2D eigenvalue weighted by Crippen LogP contribution is 2.35. The summed E-state index contributed by atoms with van der Waals surface area (Å²) in [6.07, 6.45) is 3.44. The molecular formula is C31H39N5O3S. The quantitative estimate of drug-likeness (QED) is 0.366. The van der Waals surface area contributed by atoms with Crippen molar-refractivity contribution in [2.75, 3.05) is 32.1 Å². The van der Waals surface area contributed by atoms with Gasteiger partial charge in [0.05, 0.1) is 18.2 Å². The Balaban J connectivity index is 1.41. The van der Waals surface area contributed by atoms with Gasteiger partial charge in [-0.25, -0.2) is 4.98 Å². The molecule has 40 heavy (non-hydrogen) atoms. The van der Waals surface area contributed by atoms with Gasteiger partial charge in [-0.2, -0.15) is 0 Å². The zero-order chi connectivity index (χ0) is 28.2. The number of hydrogen-bond donors (Lipinski definition) is 3. The van der Waals surface area contributed by atoms with E-state index in [0.717, 1.165) is 54.2 Å². The highest BCUT2D eigenvalue weighted by Gasteiger charge is 2.34. The minimum absolute atomic E-state index is 0.0456. The van der Waals surface area contributed by atoms with Crippen molar-refractivity contribution in [3.8, 4) is 0 Å². The Morgan fingerprint density at radius 1 is 1.15 bits per heavy atom. The Morgan fingerprint density at radius 2 is 1.93 bits per heavy atom. The van der Waals surface area contributed by atoms with Gasteiger partial charge in [0.1, 0.15) is 5.01 Å². The standard InChI is InChI=1S/C31H39N5O3S/c1-20-19-40-30(33-20)27-12-8-14-36(27)31(39)23-16-22(17-24(18-23)35(2)3)29(38)34-26(15-21-9-5-4-6-10-21)28(37)25-11-7-13-32-25/h4-6,9-10,16-19,25-28,32,37H,7-8,11-15H2,1-3H3,(H,34,38)/t25?,26-,27?,28+/m0/s1. The molecule has 212 valence electrons. The number of likely N-dealkylation sites (tertiary alicyclic amines) is 1. The molecule has 0 aliphatic carbocycles. The number of nitrogens with one attached hydrogen (secondary N) is 2. The summed E-state index contributed by atoms with van der Waals surface area (Å²) in [5.74, 6) is -0.395. The average Bonchev–Trinajstić information content (AvgIpc) is 3.74. The molecule has 2 aliphatic heterocycles. The first kappa shape index (κ1) is 28.3. The van der Waals surface area contributed by atoms with E-state index >= 15 is 0 Å². The lowest BCUT2D eigenvalue weighted by Gasteiger charge is -2.29. The van der Waals surface area contributed by atoms with E-state index in [-0.39, 0.29) is 23.9 Å². The van der Waals surface area contributed by atoms with Gasteiger partial charge in [-0.15, -0.1) is 11.3 Å². The van der Waals surface area contributed by atoms with E-state index in [1.807, 2.05) is 72.6 Å². The topological polar surface area (TPSA) is 97.8 Å². The Hall–Kier alpha value is -3.27. The van der Waals surface area contributed by atoms with Crippen molar-refractivity contribution in [2.24, 2.45) is 0 Å². The molecule has 0 bridgehead atoms. The minimum Gasteiger partial charge on any atom is -0.389 e. The van der Waals surface area contributed by atoms with Gasteiger partial charge in [-0.05, 0) is 69.3 Å². The van der Waals surface area contributed by atoms with Gasteiger partial charge < -0.3 is 25.5 Å². The third kappa shape index (κ3) is 6.37. The summed E-state index contributed by atoms with van der Waals surface area (Å²) >= 11 is 1.59. The Morgan fingerprint density at radius 3 is 2.60 bits per heavy atom. The molecule has 0 spiro atoms. The van der Waals surface area contributed by atoms with E-state index in [2.05, 4.69) is 15.6 Å². The van der Waals surface area contributed by atoms with Crippen LogP contribution in [0, 0.1) is 6.92 Å². The SMILES string of the molecule is Cc1csc(C2CCCN2C(=O)c2cc(C(=O)N[C@@H](Cc3ccccc3)[C@H](O)C3CCCN3)cc(N(C)C)c2)n1. The fourth-order valence-corrected chi connectivity index (χ4v) is 6.68. The summed E-state index contributed by atoms with van der Waals surface area (Å²) in [5, 5.41) is 20.8. The van der Waals surface area contributed by atoms with Crippen molar-refractivity contribution in [1.82, 2.24) is 20.5 Å². The number of nitrogens with zero attached hydrogens (tertiary/aromatic N) is 3. The molecule has 2 unspecified atom stereocenters. The highest BCUT2D eigenvalue weighted by atomic mass is 32.1. The molecule has 2 aliphatic rings. The van der Waals surface area contributed by atoms with Crippen LogP contribution in [0.2, 0.25) is 0 Å². The van der Waals surface area contributed by atoms with Gasteiger partial charge in [0.25, 0.3) is 11.8 Å². The van der Waals surface area contributed by atoms with E-state index in [1.165, 1.54) is 0 Å². The molecule has 3 aromatic rings. The maximum atomic E-state index is 13.8. The Kier molecular flexibility index (Phi) is 8.83. The molecule has 0 radical (unpaired) electrons. The number of aromatic nitrogens is 1. The highest BCUT2D eigenvalue weighted by molar-refractivity contribution is 7.09. The van der Waals surface area contributed by atoms with Crippen LogP contribution in [-0.2, 0) is 6.42 Å². The van der Waals surface area contributed by atoms with Crippen LogP contribution in [0.4, 0.5) is 5.69 Å². The lowest BCUT2D eigenvalue weighted by molar-refractivity contribution is 0.0733. The Labute approximate surface area is 240 Å². The van der Waals surface area contributed by atoms with Crippen molar-refractivity contribution in [1.29, 1.82) is 0 Å². The van der Waals surface area contributed by atoms with Gasteiger partial charge in [-0.3, -0.25) is 9.59 Å². The number of carbonyl (C=O) groups excluding carboxylic acids is 2. The first-order chi connectivity index (χ1) is 19.3. The van der Waals surface area contributed by atoms with Crippen LogP contribution >= 0.6 is 11.3 Å². The second-order valence-electron chi connectivity index (χ2n) is 11.1. The summed E-state index contributed by atoms with van der Waals surface area (Å²) in [6.45, 7) is 3.50. The number of rotatable bonds is 9. The van der Waals surface area contributed by atoms with Crippen LogP contribution in [0.3, 0.4) is 0 Å². The zero-order valence-electron chi connectivity index (χ0n) is 23.5. The summed E-state index contributed by atoms with van der Waals surface area (Å²) in [7, 11) is 3.80. The number of hydrogen-bond acceptors (Lipinski definition) is 7. The molecule has 2 aromatic carbocycles. The van der Waals surface area contributed by atoms with Crippen LogP contribution in [0.15, 0.2) is 53.9 Å². The van der Waals surface area contributed by atoms with Crippen molar-refractivity contribution < 1.29 is 14.7 Å². The van der Waals surface area contributed by atoms with Gasteiger partial charge in [-0.1, -0.05) is 30.3 Å². The van der Waals surface area contributed by atoms with E-state index in [4.69, 9.17) is 0 Å². The molecule has 1 aromatic heterocycles. The van der Waals surface area contributed by atoms with E-state index in [9.17, 15) is 14.7 Å². The maximum Gasteiger partial charge on any atom is 0.254 e. The number of aliphatic hydroxyl groups excluding tert-OH is 1. The fourth-order valence-electron chi connectivity index (χ4n) is 5.74. The summed E-state index contributed by atoms with van der Waals surface area (Å²) < 4.78 is 0. The van der Waals surface area contributed by atoms with Crippen molar-refractivity contribution in [3.05, 3.63) is 81.3 Å². The van der Waals surface area contributed by atoms with Crippen LogP contribution in [0.1, 0.15) is 68.7 Å². The lowest BCUT2D eigenvalue weighted by Crippen LogP contribution is -2.52. The number of benzene rings is 2. The molecule has 3 N–H and O–H groups in total. The van der Waals surface area contributed by atoms with Gasteiger partial charge in [0.2, 0.25) is 0 Å². The predicted octanol–water partition coefficient (Wildman–Crippen LogP) is 3.95. The van der Waals surface area contributed by atoms with Crippen LogP contribution in [-0.4, -0.2) is 72.2 Å². The van der Waals surface area contributed by atoms with Crippen molar-refractivity contribution in [3.63, 3.8) is 0 Å². The number of anilines is 1. The summed E-state index contributed by atoms with van der Waals surface area (Å²) in [5.41, 5.74) is 3.66. The van der Waals surface area contributed by atoms with Gasteiger partial charge in [0, 0.05) is 54.6 Å². The number of aliphatic hydroxyl groups is 1. The molecule has 2 saturated heterocycles. The Bertz CT molecular complexity index is 1320. The number of carbonyl (C=O) groups is 2. The van der Waals surface area contributed by atoms with E-state index in [1.54, 1.807) is 23.5 Å². The lowest BCUT2D eigenvalue weighted by atomic mass is 9.95. The van der Waals surface area contributed by atoms with Crippen LogP contribution in [0.5, 0.6) is 0 Å². The molecule has 9 heteroatoms. The monoisotopic (exact) mass is 561 g/mol. The first-order valence-electron chi connectivity index (χ1n) is 14.1. The zero-order valence-corrected chi connectivity index (χ0v) is 24.3. The maximum absolute atomic E-state index is 13.8. The third-order valence-electron chi connectivity index (χ3n) is 7.92. The number of amides is 2. The number of thiazole rings is 1. The largest absolute Gasteiger partial charge is 0.389 e. The summed E-state index contributed by atoms with van der Waals surface area (Å²) in [4.78, 5) is 36.0. The molecule has 3 heterocycles. The van der Waals surface area contributed by atoms with Crippen molar-refractivity contribution >= 4 is 28.8 Å². The number of aryl methyl sites for hydroxylation is 1. The molecule has 2 amide bonds. The van der Waals surface area contributed by atoms with Crippen LogP contribution in [0.25, 0.3) is 0 Å². The van der Waals surface area contributed by atoms with Crippen molar-refractivity contribution in [2.45, 2.75) is 63.3 Å². The second-order valence-corrected chi connectivity index (χ2v) is 12.0. The average molecular weight is 562 g/mol. The fraction of sp³-hybridized carbons (Fsp3) is 0.452. The summed E-state index contributed by atoms with van der Waals surface area (Å²) in [6, 6.07) is 14.6. The second kappa shape index (κ2) is 12.5. The van der Waals surface area contributed by atoms with Crippen LogP contribution < -0.4 is 15.5 Å². The molecular weight excluding hydrogens is 522 g/mol. The normalized spacial score (nSPS) is 20.4. The first-order valence-corrected chi connectivity index (χ1v) is 15.0. The van der Waals surface area contributed by atoms with Gasteiger partial charge >= 0.3 is 0 Å². The van der Waals surface area contributed by atoms with E-state index < -0.39 is 12.1 Å². The minimum atomic E-state index is -0.739.